The van der Waals surface area contributed by atoms with Crippen LogP contribution in [0.15, 0.2) is 24.3 Å². The average molecular weight is 331 g/mol. The fourth-order valence-corrected chi connectivity index (χ4v) is 4.30. The predicted octanol–water partition coefficient (Wildman–Crippen LogP) is 2.44. The highest BCUT2D eigenvalue weighted by Crippen LogP contribution is 2.37. The SMILES string of the molecule is Cc1ccc(N2CCCCC3(CCNCNCC2)CN(C)C3)cc1. The van der Waals surface area contributed by atoms with E-state index in [1.807, 2.05) is 0 Å². The maximum Gasteiger partial charge on any atom is 0.0454 e. The summed E-state index contributed by atoms with van der Waals surface area (Å²) >= 11 is 0. The lowest BCUT2D eigenvalue weighted by Gasteiger charge is -2.49. The normalized spacial score (nSPS) is 23.8. The van der Waals surface area contributed by atoms with E-state index < -0.39 is 0 Å². The molecule has 0 radical (unpaired) electrons. The molecule has 2 aliphatic rings. The van der Waals surface area contributed by atoms with Crippen LogP contribution in [0, 0.1) is 12.3 Å². The van der Waals surface area contributed by atoms with Gasteiger partial charge in [0.15, 0.2) is 0 Å². The largest absolute Gasteiger partial charge is 0.370 e. The Morgan fingerprint density at radius 1 is 0.917 bits per heavy atom. The number of nitrogens with zero attached hydrogens (tertiary/aromatic N) is 2. The van der Waals surface area contributed by atoms with Gasteiger partial charge in [-0.25, -0.2) is 0 Å². The van der Waals surface area contributed by atoms with Gasteiger partial charge in [0.05, 0.1) is 0 Å². The maximum atomic E-state index is 3.58. The molecule has 2 heterocycles. The molecule has 1 spiro atoms. The quantitative estimate of drug-likeness (QED) is 0.828. The highest BCUT2D eigenvalue weighted by Gasteiger charge is 2.39. The summed E-state index contributed by atoms with van der Waals surface area (Å²) in [6.07, 6.45) is 5.35. The first-order valence-electron chi connectivity index (χ1n) is 9.59. The molecule has 2 saturated heterocycles. The topological polar surface area (TPSA) is 30.5 Å². The van der Waals surface area contributed by atoms with E-state index in [1.54, 1.807) is 0 Å². The smallest absolute Gasteiger partial charge is 0.0454 e. The van der Waals surface area contributed by atoms with Crippen molar-refractivity contribution in [2.45, 2.75) is 32.6 Å². The van der Waals surface area contributed by atoms with Crippen molar-refractivity contribution in [3.05, 3.63) is 29.8 Å². The number of hydrogen-bond donors (Lipinski definition) is 2. The number of nitrogens with one attached hydrogen (secondary N) is 2. The van der Waals surface area contributed by atoms with Gasteiger partial charge in [0.2, 0.25) is 0 Å². The molecular weight excluding hydrogens is 296 g/mol. The molecule has 4 heteroatoms. The molecule has 4 nitrogen and oxygen atoms in total. The van der Waals surface area contributed by atoms with Gasteiger partial charge in [0.1, 0.15) is 0 Å². The van der Waals surface area contributed by atoms with Gasteiger partial charge < -0.3 is 20.4 Å². The number of rotatable bonds is 1. The Morgan fingerprint density at radius 2 is 1.67 bits per heavy atom. The zero-order valence-electron chi connectivity index (χ0n) is 15.5. The molecule has 0 saturated carbocycles. The lowest BCUT2D eigenvalue weighted by atomic mass is 9.73. The van der Waals surface area contributed by atoms with Crippen LogP contribution < -0.4 is 15.5 Å². The highest BCUT2D eigenvalue weighted by molar-refractivity contribution is 5.47. The van der Waals surface area contributed by atoms with Crippen LogP contribution in [0.3, 0.4) is 0 Å². The summed E-state index contributed by atoms with van der Waals surface area (Å²) in [7, 11) is 2.25. The Bertz CT molecular complexity index is 493. The van der Waals surface area contributed by atoms with Gasteiger partial charge in [-0.2, -0.15) is 0 Å². The van der Waals surface area contributed by atoms with E-state index in [-0.39, 0.29) is 0 Å². The molecule has 3 rings (SSSR count). The van der Waals surface area contributed by atoms with Crippen LogP contribution in [0.5, 0.6) is 0 Å². The minimum atomic E-state index is 0.574. The molecular formula is C20H34N4. The summed E-state index contributed by atoms with van der Waals surface area (Å²) in [5.41, 5.74) is 3.27. The lowest BCUT2D eigenvalue weighted by Crippen LogP contribution is -2.55. The monoisotopic (exact) mass is 330 g/mol. The second-order valence-corrected chi connectivity index (χ2v) is 7.88. The molecule has 2 fully saturated rings. The molecule has 0 atom stereocenters. The second-order valence-electron chi connectivity index (χ2n) is 7.88. The van der Waals surface area contributed by atoms with Crippen LogP contribution in [0.25, 0.3) is 0 Å². The Hall–Kier alpha value is -1.10. The van der Waals surface area contributed by atoms with Gasteiger partial charge in [0, 0.05) is 45.1 Å². The summed E-state index contributed by atoms with van der Waals surface area (Å²) in [6, 6.07) is 9.00. The number of anilines is 1. The lowest BCUT2D eigenvalue weighted by molar-refractivity contribution is 0.00536. The fourth-order valence-electron chi connectivity index (χ4n) is 4.30. The molecule has 0 bridgehead atoms. The molecule has 0 unspecified atom stereocenters. The second kappa shape index (κ2) is 8.32. The van der Waals surface area contributed by atoms with E-state index >= 15 is 0 Å². The summed E-state index contributed by atoms with van der Waals surface area (Å²) in [6.45, 7) is 10.1. The predicted molar refractivity (Wildman–Crippen MR) is 103 cm³/mol. The van der Waals surface area contributed by atoms with E-state index in [2.05, 4.69) is 58.7 Å². The fraction of sp³-hybridized carbons (Fsp3) is 0.700. The first-order valence-corrected chi connectivity index (χ1v) is 9.59. The van der Waals surface area contributed by atoms with E-state index in [1.165, 1.54) is 56.6 Å². The van der Waals surface area contributed by atoms with Crippen molar-refractivity contribution >= 4 is 5.69 Å². The molecule has 1 aromatic rings. The number of hydrogen-bond acceptors (Lipinski definition) is 4. The molecule has 134 valence electrons. The third-order valence-corrected chi connectivity index (χ3v) is 5.64. The summed E-state index contributed by atoms with van der Waals surface area (Å²) < 4.78 is 0. The van der Waals surface area contributed by atoms with Crippen LogP contribution in [-0.2, 0) is 0 Å². The zero-order valence-corrected chi connectivity index (χ0v) is 15.5. The van der Waals surface area contributed by atoms with Crippen molar-refractivity contribution in [3.8, 4) is 0 Å². The minimum Gasteiger partial charge on any atom is -0.370 e. The van der Waals surface area contributed by atoms with Crippen LogP contribution in [0.2, 0.25) is 0 Å². The van der Waals surface area contributed by atoms with Crippen LogP contribution in [0.4, 0.5) is 5.69 Å². The van der Waals surface area contributed by atoms with Gasteiger partial charge in [-0.15, -0.1) is 0 Å². The molecule has 2 N–H and O–H groups in total. The van der Waals surface area contributed by atoms with Crippen molar-refractivity contribution in [2.75, 3.05) is 57.9 Å². The summed E-state index contributed by atoms with van der Waals surface area (Å²) in [5.74, 6) is 0. The molecule has 0 aromatic heterocycles. The molecule has 0 amide bonds. The van der Waals surface area contributed by atoms with Gasteiger partial charge in [-0.05, 0) is 57.3 Å². The number of aryl methyl sites for hydroxylation is 1. The Balaban J connectivity index is 1.59. The van der Waals surface area contributed by atoms with E-state index in [0.29, 0.717) is 5.41 Å². The summed E-state index contributed by atoms with van der Waals surface area (Å²) in [5, 5.41) is 7.12. The minimum absolute atomic E-state index is 0.574. The maximum absolute atomic E-state index is 3.58. The Kier molecular flexibility index (Phi) is 6.14. The number of benzene rings is 1. The van der Waals surface area contributed by atoms with E-state index in [0.717, 1.165) is 26.3 Å². The van der Waals surface area contributed by atoms with E-state index in [9.17, 15) is 0 Å². The van der Waals surface area contributed by atoms with Crippen LogP contribution >= 0.6 is 0 Å². The van der Waals surface area contributed by atoms with Crippen molar-refractivity contribution in [3.63, 3.8) is 0 Å². The van der Waals surface area contributed by atoms with Crippen molar-refractivity contribution in [1.29, 1.82) is 0 Å². The van der Waals surface area contributed by atoms with Gasteiger partial charge in [-0.3, -0.25) is 0 Å². The highest BCUT2D eigenvalue weighted by atomic mass is 15.2. The third kappa shape index (κ3) is 4.71. The van der Waals surface area contributed by atoms with Gasteiger partial charge >= 0.3 is 0 Å². The molecule has 1 aromatic carbocycles. The Labute approximate surface area is 147 Å². The van der Waals surface area contributed by atoms with Crippen molar-refractivity contribution in [2.24, 2.45) is 5.41 Å². The van der Waals surface area contributed by atoms with E-state index in [4.69, 9.17) is 0 Å². The van der Waals surface area contributed by atoms with Gasteiger partial charge in [0.25, 0.3) is 0 Å². The standard InChI is InChI=1S/C20H34N4/c1-18-5-7-19(8-6-18)24-13-4-3-9-20(15-23(2)16-20)10-11-21-17-22-12-14-24/h5-8,21-22H,3-4,9-17H2,1-2H3. The summed E-state index contributed by atoms with van der Waals surface area (Å²) in [4.78, 5) is 5.01. The average Bonchev–Trinajstić information content (AvgIpc) is 2.56. The van der Waals surface area contributed by atoms with Crippen molar-refractivity contribution in [1.82, 2.24) is 15.5 Å². The first-order chi connectivity index (χ1) is 11.7. The van der Waals surface area contributed by atoms with Crippen LogP contribution in [0.1, 0.15) is 31.2 Å². The molecule has 2 aliphatic heterocycles. The van der Waals surface area contributed by atoms with Crippen molar-refractivity contribution < 1.29 is 0 Å². The first kappa shape index (κ1) is 17.7. The third-order valence-electron chi connectivity index (χ3n) is 5.64. The van der Waals surface area contributed by atoms with Gasteiger partial charge in [-0.1, -0.05) is 24.1 Å². The zero-order chi connectivity index (χ0) is 16.8. The number of likely N-dealkylation sites (tertiary alicyclic amines) is 1. The molecule has 0 aliphatic carbocycles. The Morgan fingerprint density at radius 3 is 2.42 bits per heavy atom. The molecule has 24 heavy (non-hydrogen) atoms. The van der Waals surface area contributed by atoms with Crippen LogP contribution in [-0.4, -0.2) is 57.9 Å².